The number of hydrogen-bond donors (Lipinski definition) is 4. The van der Waals surface area contributed by atoms with E-state index >= 15 is 0 Å². The molecule has 1 aromatic carbocycles. The fourth-order valence-electron chi connectivity index (χ4n) is 1.29. The summed E-state index contributed by atoms with van der Waals surface area (Å²) in [7, 11) is 0. The largest absolute Gasteiger partial charge is 0.478 e. The fourth-order valence-corrected chi connectivity index (χ4v) is 1.81. The predicted molar refractivity (Wildman–Crippen MR) is 70.5 cm³/mol. The fraction of sp³-hybridized carbons (Fsp3) is 0.417. The Balaban J connectivity index is 2.77. The normalized spacial score (nSPS) is 11.6. The topological polar surface area (TPSA) is 89.8 Å². The summed E-state index contributed by atoms with van der Waals surface area (Å²) in [5, 5.41) is 30.1. The third-order valence-electron chi connectivity index (χ3n) is 2.70. The van der Waals surface area contributed by atoms with Gasteiger partial charge in [0, 0.05) is 11.0 Å². The summed E-state index contributed by atoms with van der Waals surface area (Å²) in [6.07, 6.45) is 0. The monoisotopic (exact) mass is 317 g/mol. The van der Waals surface area contributed by atoms with E-state index in [4.69, 9.17) is 15.3 Å². The molecule has 0 atom stereocenters. The van der Waals surface area contributed by atoms with Crippen LogP contribution in [0.25, 0.3) is 0 Å². The van der Waals surface area contributed by atoms with Gasteiger partial charge in [-0.3, -0.25) is 0 Å². The molecule has 0 unspecified atom stereocenters. The Bertz CT molecular complexity index is 432. The SMILES string of the molecule is CC(CO)(CO)NCc1ccc(C(=O)O)cc1Br. The van der Waals surface area contributed by atoms with Crippen molar-refractivity contribution in [2.24, 2.45) is 0 Å². The average molecular weight is 318 g/mol. The summed E-state index contributed by atoms with van der Waals surface area (Å²) in [6, 6.07) is 4.73. The summed E-state index contributed by atoms with van der Waals surface area (Å²) in [5.41, 5.74) is 0.302. The second kappa shape index (κ2) is 6.29. The van der Waals surface area contributed by atoms with E-state index in [0.29, 0.717) is 11.0 Å². The van der Waals surface area contributed by atoms with Crippen molar-refractivity contribution in [1.82, 2.24) is 5.32 Å². The van der Waals surface area contributed by atoms with Crippen LogP contribution in [0.4, 0.5) is 0 Å². The van der Waals surface area contributed by atoms with Crippen LogP contribution in [0.3, 0.4) is 0 Å². The number of aliphatic hydroxyl groups excluding tert-OH is 2. The number of carbonyl (C=O) groups is 1. The molecule has 0 fully saturated rings. The van der Waals surface area contributed by atoms with E-state index in [-0.39, 0.29) is 18.8 Å². The first kappa shape index (κ1) is 15.1. The van der Waals surface area contributed by atoms with Crippen molar-refractivity contribution in [3.63, 3.8) is 0 Å². The van der Waals surface area contributed by atoms with Gasteiger partial charge >= 0.3 is 5.97 Å². The summed E-state index contributed by atoms with van der Waals surface area (Å²) in [5.74, 6) is -0.981. The molecular formula is C12H16BrNO4. The minimum Gasteiger partial charge on any atom is -0.478 e. The number of aliphatic hydroxyl groups is 2. The van der Waals surface area contributed by atoms with Crippen molar-refractivity contribution in [1.29, 1.82) is 0 Å². The summed E-state index contributed by atoms with van der Waals surface area (Å²) in [6.45, 7) is 1.74. The second-order valence-electron chi connectivity index (χ2n) is 4.34. The number of halogens is 1. The van der Waals surface area contributed by atoms with Gasteiger partial charge in [-0.25, -0.2) is 4.79 Å². The molecule has 1 aromatic rings. The third kappa shape index (κ3) is 3.78. The third-order valence-corrected chi connectivity index (χ3v) is 3.44. The minimum absolute atomic E-state index is 0.186. The van der Waals surface area contributed by atoms with Crippen LogP contribution < -0.4 is 5.32 Å². The summed E-state index contributed by atoms with van der Waals surface area (Å²) >= 11 is 3.30. The van der Waals surface area contributed by atoms with Crippen LogP contribution in [0.2, 0.25) is 0 Å². The number of benzene rings is 1. The number of hydrogen-bond acceptors (Lipinski definition) is 4. The first-order valence-corrected chi connectivity index (χ1v) is 6.19. The van der Waals surface area contributed by atoms with Gasteiger partial charge in [-0.15, -0.1) is 0 Å². The van der Waals surface area contributed by atoms with Gasteiger partial charge in [-0.2, -0.15) is 0 Å². The molecule has 0 bridgehead atoms. The highest BCUT2D eigenvalue weighted by Crippen LogP contribution is 2.19. The minimum atomic E-state index is -0.981. The zero-order valence-corrected chi connectivity index (χ0v) is 11.6. The number of aromatic carboxylic acids is 1. The van der Waals surface area contributed by atoms with Crippen molar-refractivity contribution in [2.75, 3.05) is 13.2 Å². The van der Waals surface area contributed by atoms with Gasteiger partial charge < -0.3 is 20.6 Å². The maximum Gasteiger partial charge on any atom is 0.335 e. The van der Waals surface area contributed by atoms with Crippen LogP contribution in [0, 0.1) is 0 Å². The molecule has 5 nitrogen and oxygen atoms in total. The Hall–Kier alpha value is -0.950. The number of carboxylic acid groups (broad SMARTS) is 1. The lowest BCUT2D eigenvalue weighted by molar-refractivity contribution is 0.0697. The Morgan fingerprint density at radius 1 is 1.39 bits per heavy atom. The molecular weight excluding hydrogens is 302 g/mol. The van der Waals surface area contributed by atoms with Crippen LogP contribution in [0.5, 0.6) is 0 Å². The van der Waals surface area contributed by atoms with E-state index in [2.05, 4.69) is 21.2 Å². The van der Waals surface area contributed by atoms with E-state index in [1.807, 2.05) is 0 Å². The quantitative estimate of drug-likeness (QED) is 0.628. The van der Waals surface area contributed by atoms with Gasteiger partial charge in [-0.05, 0) is 24.6 Å². The maximum absolute atomic E-state index is 10.8. The lowest BCUT2D eigenvalue weighted by Crippen LogP contribution is -2.48. The molecule has 0 aliphatic carbocycles. The molecule has 0 aliphatic rings. The molecule has 100 valence electrons. The molecule has 0 heterocycles. The van der Waals surface area contributed by atoms with Crippen molar-refractivity contribution >= 4 is 21.9 Å². The zero-order valence-electron chi connectivity index (χ0n) is 9.98. The molecule has 0 saturated carbocycles. The Morgan fingerprint density at radius 3 is 2.44 bits per heavy atom. The lowest BCUT2D eigenvalue weighted by Gasteiger charge is -2.26. The number of rotatable bonds is 6. The molecule has 0 spiro atoms. The van der Waals surface area contributed by atoms with E-state index < -0.39 is 11.5 Å². The highest BCUT2D eigenvalue weighted by atomic mass is 79.9. The van der Waals surface area contributed by atoms with Gasteiger partial charge in [0.25, 0.3) is 0 Å². The highest BCUT2D eigenvalue weighted by Gasteiger charge is 2.21. The van der Waals surface area contributed by atoms with Crippen LogP contribution in [0.15, 0.2) is 22.7 Å². The number of nitrogens with one attached hydrogen (secondary N) is 1. The van der Waals surface area contributed by atoms with Crippen molar-refractivity contribution in [2.45, 2.75) is 19.0 Å². The van der Waals surface area contributed by atoms with E-state index in [1.165, 1.54) is 12.1 Å². The molecule has 1 rings (SSSR count). The first-order chi connectivity index (χ1) is 8.41. The molecule has 0 radical (unpaired) electrons. The zero-order chi connectivity index (χ0) is 13.8. The second-order valence-corrected chi connectivity index (χ2v) is 5.20. The van der Waals surface area contributed by atoms with Gasteiger partial charge in [0.1, 0.15) is 0 Å². The standard InChI is InChI=1S/C12H16BrNO4/c1-12(6-15,7-16)14-5-9-3-2-8(11(17)18)4-10(9)13/h2-4,14-16H,5-7H2,1H3,(H,17,18). The van der Waals surface area contributed by atoms with Crippen LogP contribution >= 0.6 is 15.9 Å². The Morgan fingerprint density at radius 2 is 2.00 bits per heavy atom. The van der Waals surface area contributed by atoms with Gasteiger partial charge in [0.2, 0.25) is 0 Å². The van der Waals surface area contributed by atoms with Crippen LogP contribution in [-0.2, 0) is 6.54 Å². The Labute approximate surface area is 114 Å². The molecule has 0 amide bonds. The molecule has 0 aliphatic heterocycles. The summed E-state index contributed by atoms with van der Waals surface area (Å²) in [4.78, 5) is 10.8. The molecule has 6 heteroatoms. The molecule has 0 aromatic heterocycles. The number of carboxylic acids is 1. The maximum atomic E-state index is 10.8. The van der Waals surface area contributed by atoms with Gasteiger partial charge in [0.05, 0.1) is 24.3 Å². The van der Waals surface area contributed by atoms with Crippen LogP contribution in [0.1, 0.15) is 22.8 Å². The van der Waals surface area contributed by atoms with Crippen molar-refractivity contribution in [3.05, 3.63) is 33.8 Å². The van der Waals surface area contributed by atoms with Gasteiger partial charge in [-0.1, -0.05) is 22.0 Å². The molecule has 4 N–H and O–H groups in total. The smallest absolute Gasteiger partial charge is 0.335 e. The van der Waals surface area contributed by atoms with Crippen LogP contribution in [-0.4, -0.2) is 40.0 Å². The lowest BCUT2D eigenvalue weighted by atomic mass is 10.0. The average Bonchev–Trinajstić information content (AvgIpc) is 2.36. The van der Waals surface area contributed by atoms with Crippen molar-refractivity contribution in [3.8, 4) is 0 Å². The molecule has 18 heavy (non-hydrogen) atoms. The van der Waals surface area contributed by atoms with E-state index in [9.17, 15) is 4.79 Å². The first-order valence-electron chi connectivity index (χ1n) is 5.40. The summed E-state index contributed by atoms with van der Waals surface area (Å²) < 4.78 is 0.674. The highest BCUT2D eigenvalue weighted by molar-refractivity contribution is 9.10. The predicted octanol–water partition coefficient (Wildman–Crippen LogP) is 0.980. The van der Waals surface area contributed by atoms with E-state index in [0.717, 1.165) is 5.56 Å². The van der Waals surface area contributed by atoms with E-state index in [1.54, 1.807) is 13.0 Å². The Kier molecular flexibility index (Phi) is 5.28. The molecule has 0 saturated heterocycles. The van der Waals surface area contributed by atoms with Gasteiger partial charge in [0.15, 0.2) is 0 Å². The van der Waals surface area contributed by atoms with Crippen molar-refractivity contribution < 1.29 is 20.1 Å².